The Morgan fingerprint density at radius 1 is 0.517 bits per heavy atom. The summed E-state index contributed by atoms with van der Waals surface area (Å²) in [4.78, 5) is 52.3. The van der Waals surface area contributed by atoms with Gasteiger partial charge in [-0.3, -0.25) is 19.6 Å². The number of aliphatic hydroxyl groups is 2. The van der Waals surface area contributed by atoms with Gasteiger partial charge in [-0.15, -0.1) is 0 Å². The van der Waals surface area contributed by atoms with Crippen LogP contribution in [0.2, 0.25) is 0 Å². The second-order valence-electron chi connectivity index (χ2n) is 18.8. The van der Waals surface area contributed by atoms with Gasteiger partial charge >= 0.3 is 0 Å². The molecule has 4 atom stereocenters. The molecule has 2 amide bonds. The van der Waals surface area contributed by atoms with Gasteiger partial charge in [0, 0.05) is 35.9 Å². The molecule has 0 aliphatic heterocycles. The SMILES string of the molecule is CC(C)(C(=O)N[C@H](c1nc(-c2ccc(-c3ccc(-c4c[nH]c([C@@H](NC(=O)C(C)(C)C(O)c5ccccn5)C(C)(C)C)n4)cc3)cc2)c[nH]1)C(C)(C)C)C(O)c1ccccn1. The molecule has 6 rings (SSSR count). The van der Waals surface area contributed by atoms with Gasteiger partial charge in [0.2, 0.25) is 11.8 Å². The maximum atomic E-state index is 13.7. The molecule has 4 aromatic heterocycles. The van der Waals surface area contributed by atoms with Crippen LogP contribution in [-0.2, 0) is 9.59 Å². The fraction of sp³-hybridized carbons (Fsp3) is 0.375. The fourth-order valence-electron chi connectivity index (χ4n) is 7.02. The lowest BCUT2D eigenvalue weighted by atomic mass is 9.81. The van der Waals surface area contributed by atoms with Crippen LogP contribution in [0.25, 0.3) is 33.6 Å². The first-order valence-electron chi connectivity index (χ1n) is 20.3. The first kappa shape index (κ1) is 43.6. The highest BCUT2D eigenvalue weighted by Crippen LogP contribution is 2.39. The largest absolute Gasteiger partial charge is 0.386 e. The van der Waals surface area contributed by atoms with Crippen molar-refractivity contribution in [3.63, 3.8) is 0 Å². The third kappa shape index (κ3) is 9.40. The Bertz CT molecular complexity index is 2200. The molecule has 60 heavy (non-hydrogen) atoms. The average molecular weight is 811 g/mol. The summed E-state index contributed by atoms with van der Waals surface area (Å²) in [6.45, 7) is 19.1. The quantitative estimate of drug-likeness (QED) is 0.0669. The van der Waals surface area contributed by atoms with Crippen LogP contribution in [0, 0.1) is 21.7 Å². The molecule has 0 saturated carbocycles. The number of hydrogen-bond acceptors (Lipinski definition) is 8. The number of nitrogens with one attached hydrogen (secondary N) is 4. The number of imidazole rings is 2. The number of nitrogens with zero attached hydrogens (tertiary/aromatic N) is 4. The Morgan fingerprint density at radius 3 is 1.15 bits per heavy atom. The van der Waals surface area contributed by atoms with Crippen molar-refractivity contribution >= 4 is 11.8 Å². The van der Waals surface area contributed by atoms with E-state index in [1.807, 2.05) is 78.2 Å². The lowest BCUT2D eigenvalue weighted by Crippen LogP contribution is -2.46. The normalized spacial score (nSPS) is 14.5. The molecule has 12 heteroatoms. The van der Waals surface area contributed by atoms with E-state index >= 15 is 0 Å². The molecule has 2 aromatic carbocycles. The Hall–Kier alpha value is -5.98. The Morgan fingerprint density at radius 2 is 0.850 bits per heavy atom. The number of rotatable bonds is 13. The van der Waals surface area contributed by atoms with E-state index in [2.05, 4.69) is 54.8 Å². The van der Waals surface area contributed by atoms with E-state index in [9.17, 15) is 19.8 Å². The van der Waals surface area contributed by atoms with Crippen molar-refractivity contribution in [2.75, 3.05) is 0 Å². The van der Waals surface area contributed by atoms with E-state index in [1.54, 1.807) is 76.5 Å². The van der Waals surface area contributed by atoms with Gasteiger partial charge in [0.25, 0.3) is 0 Å². The third-order valence-corrected chi connectivity index (χ3v) is 11.2. The molecule has 0 saturated heterocycles. The van der Waals surface area contributed by atoms with Gasteiger partial charge in [0.05, 0.1) is 45.7 Å². The van der Waals surface area contributed by atoms with Crippen molar-refractivity contribution in [3.05, 3.63) is 133 Å². The van der Waals surface area contributed by atoms with Gasteiger partial charge in [0.1, 0.15) is 23.9 Å². The lowest BCUT2D eigenvalue weighted by Gasteiger charge is -2.35. The highest BCUT2D eigenvalue weighted by atomic mass is 16.3. The Balaban J connectivity index is 1.13. The van der Waals surface area contributed by atoms with Crippen LogP contribution in [0.1, 0.15) is 117 Å². The maximum absolute atomic E-state index is 13.7. The summed E-state index contributed by atoms with van der Waals surface area (Å²) in [5, 5.41) is 28.5. The molecule has 0 aliphatic carbocycles. The topological polar surface area (TPSA) is 182 Å². The number of benzene rings is 2. The molecule has 0 spiro atoms. The van der Waals surface area contributed by atoms with Crippen LogP contribution < -0.4 is 10.6 Å². The summed E-state index contributed by atoms with van der Waals surface area (Å²) < 4.78 is 0. The van der Waals surface area contributed by atoms with Crippen molar-refractivity contribution in [1.82, 2.24) is 40.5 Å². The van der Waals surface area contributed by atoms with Crippen LogP contribution >= 0.6 is 0 Å². The molecule has 0 bridgehead atoms. The second kappa shape index (κ2) is 16.9. The minimum absolute atomic E-state index is 0.307. The summed E-state index contributed by atoms with van der Waals surface area (Å²) in [6, 6.07) is 26.0. The van der Waals surface area contributed by atoms with Crippen molar-refractivity contribution in [1.29, 1.82) is 0 Å². The predicted molar refractivity (Wildman–Crippen MR) is 234 cm³/mol. The van der Waals surface area contributed by atoms with Crippen molar-refractivity contribution < 1.29 is 19.8 Å². The smallest absolute Gasteiger partial charge is 0.229 e. The molecular formula is C48H58N8O4. The van der Waals surface area contributed by atoms with Crippen LogP contribution in [0.15, 0.2) is 110 Å². The van der Waals surface area contributed by atoms with Gasteiger partial charge in [0.15, 0.2) is 0 Å². The van der Waals surface area contributed by atoms with Crippen LogP contribution in [0.5, 0.6) is 0 Å². The lowest BCUT2D eigenvalue weighted by molar-refractivity contribution is -0.138. The van der Waals surface area contributed by atoms with Gasteiger partial charge in [-0.05, 0) is 73.9 Å². The van der Waals surface area contributed by atoms with Gasteiger partial charge in [-0.2, -0.15) is 0 Å². The molecule has 12 nitrogen and oxygen atoms in total. The van der Waals surface area contributed by atoms with Gasteiger partial charge in [-0.25, -0.2) is 9.97 Å². The molecule has 0 aliphatic rings. The number of amides is 2. The summed E-state index contributed by atoms with van der Waals surface area (Å²) in [6.07, 6.45) is 4.71. The predicted octanol–water partition coefficient (Wildman–Crippen LogP) is 8.85. The summed E-state index contributed by atoms with van der Waals surface area (Å²) >= 11 is 0. The van der Waals surface area contributed by atoms with E-state index < -0.39 is 46.0 Å². The highest BCUT2D eigenvalue weighted by molar-refractivity contribution is 5.84. The van der Waals surface area contributed by atoms with Gasteiger partial charge < -0.3 is 30.8 Å². The summed E-state index contributed by atoms with van der Waals surface area (Å²) in [5.74, 6) is 0.626. The number of H-pyrrole nitrogens is 2. The molecule has 6 N–H and O–H groups in total. The van der Waals surface area contributed by atoms with E-state index in [1.165, 1.54) is 0 Å². The summed E-state index contributed by atoms with van der Waals surface area (Å²) in [5.41, 5.74) is 3.18. The minimum atomic E-state index is -1.15. The van der Waals surface area contributed by atoms with Crippen molar-refractivity contribution in [2.24, 2.45) is 21.7 Å². The number of hydrogen-bond donors (Lipinski definition) is 6. The molecule has 6 aromatic rings. The van der Waals surface area contributed by atoms with Crippen LogP contribution in [0.3, 0.4) is 0 Å². The van der Waals surface area contributed by atoms with Gasteiger partial charge in [-0.1, -0.05) is 102 Å². The zero-order chi connectivity index (χ0) is 43.6. The standard InChI is InChI=1S/C48H58N8O4/c1-45(2,3)37(55-43(59)47(7,8)39(57)33-15-11-13-25-49-33)41-51-27-35(53-41)31-21-17-29(18-22-31)30-19-23-32(24-20-30)36-28-52-42(54-36)38(46(4,5)6)56-44(60)48(9,10)40(58)34-16-12-14-26-50-34/h11-28,37-40,57-58H,1-10H3,(H,51,53)(H,52,54)(H,55,59)(H,56,60)/t37-,38-,39?,40?/m1/s1. The van der Waals surface area contributed by atoms with E-state index in [4.69, 9.17) is 9.97 Å². The number of aliphatic hydroxyl groups excluding tert-OH is 2. The molecular weight excluding hydrogens is 753 g/mol. The van der Waals surface area contributed by atoms with Crippen molar-refractivity contribution in [2.45, 2.75) is 93.5 Å². The van der Waals surface area contributed by atoms with E-state index in [0.29, 0.717) is 23.0 Å². The summed E-state index contributed by atoms with van der Waals surface area (Å²) in [7, 11) is 0. The number of carbonyl (C=O) groups is 2. The molecule has 314 valence electrons. The van der Waals surface area contributed by atoms with Crippen molar-refractivity contribution in [3.8, 4) is 33.6 Å². The number of pyridine rings is 2. The van der Waals surface area contributed by atoms with E-state index in [0.717, 1.165) is 33.6 Å². The minimum Gasteiger partial charge on any atom is -0.386 e. The molecule has 2 unspecified atom stereocenters. The number of aromatic amines is 2. The Labute approximate surface area is 352 Å². The van der Waals surface area contributed by atoms with Crippen LogP contribution in [-0.4, -0.2) is 51.9 Å². The zero-order valence-electron chi connectivity index (χ0n) is 36.2. The second-order valence-corrected chi connectivity index (χ2v) is 18.8. The highest BCUT2D eigenvalue weighted by Gasteiger charge is 2.42. The third-order valence-electron chi connectivity index (χ3n) is 11.2. The zero-order valence-corrected chi connectivity index (χ0v) is 36.2. The molecule has 0 fully saturated rings. The fourth-order valence-corrected chi connectivity index (χ4v) is 7.02. The maximum Gasteiger partial charge on any atom is 0.229 e. The van der Waals surface area contributed by atoms with Crippen LogP contribution in [0.4, 0.5) is 0 Å². The molecule has 4 heterocycles. The first-order valence-corrected chi connectivity index (χ1v) is 20.3. The Kier molecular flexibility index (Phi) is 12.3. The first-order chi connectivity index (χ1) is 28.2. The monoisotopic (exact) mass is 810 g/mol. The van der Waals surface area contributed by atoms with E-state index in [-0.39, 0.29) is 11.8 Å². The number of aromatic nitrogens is 6. The average Bonchev–Trinajstić information content (AvgIpc) is 3.92. The number of carbonyl (C=O) groups excluding carboxylic acids is 2. The molecule has 0 radical (unpaired) electrons.